The Balaban J connectivity index is 2.72. The number of nitrogens with zero attached hydrogens (tertiary/aromatic N) is 2. The fourth-order valence-corrected chi connectivity index (χ4v) is 2.68. The second-order valence-electron chi connectivity index (χ2n) is 5.38. The number of Topliss-reactive ketones (excluding diaryl/α,β-unsaturated/α-hetero) is 1. The van der Waals surface area contributed by atoms with Crippen molar-refractivity contribution in [3.8, 4) is 6.07 Å². The van der Waals surface area contributed by atoms with Crippen molar-refractivity contribution < 1.29 is 4.79 Å². The highest BCUT2D eigenvalue weighted by Crippen LogP contribution is 2.32. The van der Waals surface area contributed by atoms with Crippen LogP contribution in [0.1, 0.15) is 65.2 Å². The molecule has 1 aliphatic rings. The van der Waals surface area contributed by atoms with Crippen LogP contribution in [-0.2, 0) is 4.79 Å². The molecule has 3 heteroatoms. The Bertz CT molecular complexity index is 288. The molecule has 0 aromatic carbocycles. The summed E-state index contributed by atoms with van der Waals surface area (Å²) >= 11 is 0. The normalized spacial score (nSPS) is 18.9. The van der Waals surface area contributed by atoms with E-state index in [2.05, 4.69) is 24.8 Å². The lowest BCUT2D eigenvalue weighted by atomic mass is 9.80. The SMILES string of the molecule is CCCCN(CCCC)C1(C#N)CCC(=O)CC1. The molecule has 1 fully saturated rings. The molecule has 0 aromatic heterocycles. The first-order valence-electron chi connectivity index (χ1n) is 7.36. The van der Waals surface area contributed by atoms with E-state index in [1.807, 2.05) is 0 Å². The van der Waals surface area contributed by atoms with Crippen LogP contribution in [-0.4, -0.2) is 29.3 Å². The second-order valence-corrected chi connectivity index (χ2v) is 5.38. The molecule has 0 aliphatic heterocycles. The maximum atomic E-state index is 11.4. The van der Waals surface area contributed by atoms with E-state index in [1.54, 1.807) is 0 Å². The molecule has 0 saturated heterocycles. The van der Waals surface area contributed by atoms with Crippen molar-refractivity contribution in [1.29, 1.82) is 5.26 Å². The molecule has 1 rings (SSSR count). The Morgan fingerprint density at radius 1 is 1.17 bits per heavy atom. The molecule has 0 aromatic rings. The smallest absolute Gasteiger partial charge is 0.133 e. The summed E-state index contributed by atoms with van der Waals surface area (Å²) in [6.07, 6.45) is 7.23. The molecule has 1 saturated carbocycles. The maximum absolute atomic E-state index is 11.4. The van der Waals surface area contributed by atoms with Crippen molar-refractivity contribution in [3.63, 3.8) is 0 Å². The summed E-state index contributed by atoms with van der Waals surface area (Å²) in [6.45, 7) is 6.36. The Hall–Kier alpha value is -0.880. The summed E-state index contributed by atoms with van der Waals surface area (Å²) in [5, 5.41) is 9.59. The fourth-order valence-electron chi connectivity index (χ4n) is 2.68. The number of ketones is 1. The summed E-state index contributed by atoms with van der Waals surface area (Å²) in [7, 11) is 0. The molecule has 0 spiro atoms. The minimum atomic E-state index is -0.363. The van der Waals surface area contributed by atoms with Gasteiger partial charge in [0.05, 0.1) is 6.07 Å². The number of carbonyl (C=O) groups excluding carboxylic acids is 1. The van der Waals surface area contributed by atoms with Crippen LogP contribution < -0.4 is 0 Å². The van der Waals surface area contributed by atoms with Gasteiger partial charge in [-0.2, -0.15) is 5.26 Å². The fraction of sp³-hybridized carbons (Fsp3) is 0.867. The number of hydrogen-bond donors (Lipinski definition) is 0. The molecule has 18 heavy (non-hydrogen) atoms. The van der Waals surface area contributed by atoms with Gasteiger partial charge >= 0.3 is 0 Å². The van der Waals surface area contributed by atoms with Crippen LogP contribution in [0, 0.1) is 11.3 Å². The monoisotopic (exact) mass is 250 g/mol. The number of nitriles is 1. The van der Waals surface area contributed by atoms with Crippen LogP contribution in [0.25, 0.3) is 0 Å². The van der Waals surface area contributed by atoms with E-state index in [-0.39, 0.29) is 5.54 Å². The molecule has 0 radical (unpaired) electrons. The average Bonchev–Trinajstić information content (AvgIpc) is 2.41. The molecule has 0 atom stereocenters. The van der Waals surface area contributed by atoms with Crippen LogP contribution >= 0.6 is 0 Å². The molecule has 102 valence electrons. The predicted molar refractivity (Wildman–Crippen MR) is 73.2 cm³/mol. The van der Waals surface area contributed by atoms with E-state index in [4.69, 9.17) is 0 Å². The highest BCUT2D eigenvalue weighted by molar-refractivity contribution is 5.79. The lowest BCUT2D eigenvalue weighted by Gasteiger charge is -2.41. The van der Waals surface area contributed by atoms with Crippen LogP contribution in [0.4, 0.5) is 0 Å². The number of unbranched alkanes of at least 4 members (excludes halogenated alkanes) is 2. The summed E-state index contributed by atoms with van der Waals surface area (Å²) in [4.78, 5) is 13.7. The van der Waals surface area contributed by atoms with Gasteiger partial charge < -0.3 is 0 Å². The summed E-state index contributed by atoms with van der Waals surface area (Å²) in [5.74, 6) is 0.326. The Morgan fingerprint density at radius 2 is 1.67 bits per heavy atom. The zero-order valence-corrected chi connectivity index (χ0v) is 11.9. The van der Waals surface area contributed by atoms with Gasteiger partial charge in [0.1, 0.15) is 11.3 Å². The molecule has 0 unspecified atom stereocenters. The van der Waals surface area contributed by atoms with E-state index >= 15 is 0 Å². The number of carbonyl (C=O) groups is 1. The standard InChI is InChI=1S/C15H26N2O/c1-3-5-11-17(12-6-4-2)15(13-16)9-7-14(18)8-10-15/h3-12H2,1-2H3. The van der Waals surface area contributed by atoms with Gasteiger partial charge in [0.15, 0.2) is 0 Å². The van der Waals surface area contributed by atoms with Crippen molar-refractivity contribution in [2.24, 2.45) is 0 Å². The van der Waals surface area contributed by atoms with Gasteiger partial charge in [0, 0.05) is 12.8 Å². The van der Waals surface area contributed by atoms with Crippen molar-refractivity contribution in [2.45, 2.75) is 70.8 Å². The number of hydrogen-bond acceptors (Lipinski definition) is 3. The second kappa shape index (κ2) is 7.53. The van der Waals surface area contributed by atoms with Crippen LogP contribution in [0.3, 0.4) is 0 Å². The minimum absolute atomic E-state index is 0.326. The topological polar surface area (TPSA) is 44.1 Å². The van der Waals surface area contributed by atoms with Crippen LogP contribution in [0.15, 0.2) is 0 Å². The van der Waals surface area contributed by atoms with Gasteiger partial charge in [-0.15, -0.1) is 0 Å². The Labute approximate surface area is 111 Å². The van der Waals surface area contributed by atoms with Gasteiger partial charge in [-0.3, -0.25) is 9.69 Å². The lowest BCUT2D eigenvalue weighted by molar-refractivity contribution is -0.122. The van der Waals surface area contributed by atoms with Gasteiger partial charge in [-0.1, -0.05) is 26.7 Å². The third kappa shape index (κ3) is 3.81. The zero-order valence-electron chi connectivity index (χ0n) is 11.9. The number of rotatable bonds is 7. The van der Waals surface area contributed by atoms with Crippen LogP contribution in [0.5, 0.6) is 0 Å². The van der Waals surface area contributed by atoms with E-state index in [9.17, 15) is 10.1 Å². The highest BCUT2D eigenvalue weighted by Gasteiger charge is 2.39. The Kier molecular flexibility index (Phi) is 6.35. The molecule has 1 aliphatic carbocycles. The minimum Gasteiger partial charge on any atom is -0.300 e. The highest BCUT2D eigenvalue weighted by atomic mass is 16.1. The van der Waals surface area contributed by atoms with Crippen molar-refractivity contribution >= 4 is 5.78 Å². The van der Waals surface area contributed by atoms with Gasteiger partial charge in [0.25, 0.3) is 0 Å². The third-order valence-corrected chi connectivity index (χ3v) is 4.01. The molecular formula is C15H26N2O. The van der Waals surface area contributed by atoms with E-state index in [0.29, 0.717) is 18.6 Å². The maximum Gasteiger partial charge on any atom is 0.133 e. The first-order valence-corrected chi connectivity index (χ1v) is 7.36. The van der Waals surface area contributed by atoms with Crippen molar-refractivity contribution in [1.82, 2.24) is 4.90 Å². The quantitative estimate of drug-likeness (QED) is 0.696. The van der Waals surface area contributed by atoms with Crippen molar-refractivity contribution in [2.75, 3.05) is 13.1 Å². The van der Waals surface area contributed by atoms with Gasteiger partial charge in [0.2, 0.25) is 0 Å². The van der Waals surface area contributed by atoms with Crippen molar-refractivity contribution in [3.05, 3.63) is 0 Å². The largest absolute Gasteiger partial charge is 0.300 e. The molecule has 3 nitrogen and oxygen atoms in total. The third-order valence-electron chi connectivity index (χ3n) is 4.01. The summed E-state index contributed by atoms with van der Waals surface area (Å²) in [6, 6.07) is 2.53. The van der Waals surface area contributed by atoms with Gasteiger partial charge in [-0.25, -0.2) is 0 Å². The zero-order chi connectivity index (χ0) is 13.4. The van der Waals surface area contributed by atoms with E-state index < -0.39 is 0 Å². The molecule has 0 N–H and O–H groups in total. The Morgan fingerprint density at radius 3 is 2.06 bits per heavy atom. The summed E-state index contributed by atoms with van der Waals surface area (Å²) < 4.78 is 0. The molecule has 0 heterocycles. The molecular weight excluding hydrogens is 224 g/mol. The lowest BCUT2D eigenvalue weighted by Crippen LogP contribution is -2.50. The summed E-state index contributed by atoms with van der Waals surface area (Å²) in [5.41, 5.74) is -0.363. The first-order chi connectivity index (χ1) is 8.68. The molecule has 0 bridgehead atoms. The van der Waals surface area contributed by atoms with Crippen LogP contribution in [0.2, 0.25) is 0 Å². The predicted octanol–water partition coefficient (Wildman–Crippen LogP) is 3.29. The molecule has 0 amide bonds. The van der Waals surface area contributed by atoms with E-state index in [1.165, 1.54) is 0 Å². The average molecular weight is 250 g/mol. The van der Waals surface area contributed by atoms with Gasteiger partial charge in [-0.05, 0) is 38.8 Å². The van der Waals surface area contributed by atoms with E-state index in [0.717, 1.165) is 51.6 Å². The first kappa shape index (κ1) is 15.2.